The number of ether oxygens (including phenoxy) is 1. The van der Waals surface area contributed by atoms with Crippen molar-refractivity contribution in [3.63, 3.8) is 0 Å². The molecule has 2 aliphatic rings. The van der Waals surface area contributed by atoms with Crippen LogP contribution in [0.3, 0.4) is 0 Å². The zero-order valence-corrected chi connectivity index (χ0v) is 20.3. The highest BCUT2D eigenvalue weighted by atomic mass is 32.2. The molecule has 0 N–H and O–H groups in total. The summed E-state index contributed by atoms with van der Waals surface area (Å²) in [6, 6.07) is 12.4. The van der Waals surface area contributed by atoms with Crippen LogP contribution in [0.15, 0.2) is 47.4 Å². The van der Waals surface area contributed by atoms with Gasteiger partial charge >= 0.3 is 0 Å². The summed E-state index contributed by atoms with van der Waals surface area (Å²) >= 11 is 0. The molecule has 9 heteroatoms. The number of fused-ring (bicyclic) bond motifs is 1. The summed E-state index contributed by atoms with van der Waals surface area (Å²) in [6.45, 7) is 6.08. The van der Waals surface area contributed by atoms with Gasteiger partial charge in [0.2, 0.25) is 10.0 Å². The molecule has 1 aromatic heterocycles. The summed E-state index contributed by atoms with van der Waals surface area (Å²) in [4.78, 5) is 7.57. The van der Waals surface area contributed by atoms with Gasteiger partial charge in [-0.25, -0.2) is 17.8 Å². The zero-order valence-electron chi connectivity index (χ0n) is 19.5. The van der Waals surface area contributed by atoms with Gasteiger partial charge in [-0.05, 0) is 68.6 Å². The molecule has 3 aromatic rings. The molecule has 0 aliphatic carbocycles. The van der Waals surface area contributed by atoms with Crippen LogP contribution in [0.5, 0.6) is 0 Å². The van der Waals surface area contributed by atoms with Crippen molar-refractivity contribution in [2.45, 2.75) is 50.2 Å². The normalized spacial score (nSPS) is 20.4. The van der Waals surface area contributed by atoms with Gasteiger partial charge in [0.05, 0.1) is 35.7 Å². The van der Waals surface area contributed by atoms with Gasteiger partial charge in [0.25, 0.3) is 0 Å². The Hall–Kier alpha value is -2.33. The summed E-state index contributed by atoms with van der Waals surface area (Å²) in [5.74, 6) is 0.738. The molecular weight excluding hydrogens is 455 g/mol. The first kappa shape index (κ1) is 23.4. The van der Waals surface area contributed by atoms with Gasteiger partial charge in [-0.3, -0.25) is 4.90 Å². The lowest BCUT2D eigenvalue weighted by Gasteiger charge is -2.26. The minimum Gasteiger partial charge on any atom is -0.379 e. The van der Waals surface area contributed by atoms with Crippen LogP contribution in [0, 0.1) is 5.82 Å². The molecule has 1 unspecified atom stereocenters. The number of nitrogens with zero attached hydrogens (tertiary/aromatic N) is 4. The second kappa shape index (κ2) is 9.73. The van der Waals surface area contributed by atoms with E-state index in [2.05, 4.69) is 16.4 Å². The van der Waals surface area contributed by atoms with Crippen molar-refractivity contribution in [3.05, 3.63) is 59.7 Å². The van der Waals surface area contributed by atoms with Crippen molar-refractivity contribution in [1.82, 2.24) is 18.8 Å². The Morgan fingerprint density at radius 2 is 1.94 bits per heavy atom. The largest absolute Gasteiger partial charge is 0.379 e. The molecule has 0 radical (unpaired) electrons. The highest BCUT2D eigenvalue weighted by Gasteiger charge is 2.29. The molecule has 0 amide bonds. The van der Waals surface area contributed by atoms with E-state index < -0.39 is 10.0 Å². The molecular formula is C25H31FN4O3S. The first-order valence-corrected chi connectivity index (χ1v) is 13.5. The van der Waals surface area contributed by atoms with Crippen LogP contribution in [-0.4, -0.2) is 66.1 Å². The average Bonchev–Trinajstić information content (AvgIpc) is 3.42. The van der Waals surface area contributed by atoms with Crippen molar-refractivity contribution >= 4 is 21.1 Å². The average molecular weight is 487 g/mol. The minimum absolute atomic E-state index is 0.197. The lowest BCUT2D eigenvalue weighted by molar-refractivity contribution is 0.0730. The predicted molar refractivity (Wildman–Crippen MR) is 129 cm³/mol. The van der Waals surface area contributed by atoms with E-state index in [1.54, 1.807) is 24.3 Å². The van der Waals surface area contributed by atoms with Gasteiger partial charge in [0, 0.05) is 25.7 Å². The molecule has 1 atom stereocenters. The van der Waals surface area contributed by atoms with Crippen molar-refractivity contribution in [1.29, 1.82) is 0 Å². The van der Waals surface area contributed by atoms with E-state index in [4.69, 9.17) is 9.72 Å². The standard InChI is InChI=1S/C25H31FN4O3S/c1-2-30-24-9-8-22(34(31,32)29-11-13-33-14-12-29)17-23(24)27-25(30)18-28-10-4-7-21(28)16-19-5-3-6-20(26)15-19/h3,5-6,8-9,15,17,21H,2,4,7,10-14,16,18H2,1H3. The smallest absolute Gasteiger partial charge is 0.243 e. The molecule has 2 saturated heterocycles. The highest BCUT2D eigenvalue weighted by Crippen LogP contribution is 2.27. The second-order valence-corrected chi connectivity index (χ2v) is 11.0. The van der Waals surface area contributed by atoms with Gasteiger partial charge in [0.1, 0.15) is 11.6 Å². The van der Waals surface area contributed by atoms with Crippen LogP contribution in [0.4, 0.5) is 4.39 Å². The summed E-state index contributed by atoms with van der Waals surface area (Å²) in [7, 11) is -3.57. The van der Waals surface area contributed by atoms with Gasteiger partial charge in [-0.2, -0.15) is 4.31 Å². The van der Waals surface area contributed by atoms with Crippen LogP contribution in [0.2, 0.25) is 0 Å². The molecule has 0 saturated carbocycles. The number of halogens is 1. The summed E-state index contributed by atoms with van der Waals surface area (Å²) in [6.07, 6.45) is 2.99. The first-order valence-electron chi connectivity index (χ1n) is 12.0. The van der Waals surface area contributed by atoms with Crippen molar-refractivity contribution < 1.29 is 17.5 Å². The lowest BCUT2D eigenvalue weighted by atomic mass is 10.0. The number of aromatic nitrogens is 2. The van der Waals surface area contributed by atoms with Crippen LogP contribution >= 0.6 is 0 Å². The van der Waals surface area contributed by atoms with Crippen molar-refractivity contribution in [2.24, 2.45) is 0 Å². The third-order valence-corrected chi connectivity index (χ3v) is 8.82. The number of rotatable bonds is 7. The fraction of sp³-hybridized carbons (Fsp3) is 0.480. The Bertz CT molecular complexity index is 1270. The fourth-order valence-corrected chi connectivity index (χ4v) is 6.61. The Labute approximate surface area is 200 Å². The summed E-state index contributed by atoms with van der Waals surface area (Å²) < 4.78 is 48.8. The summed E-state index contributed by atoms with van der Waals surface area (Å²) in [5, 5.41) is 0. The van der Waals surface area contributed by atoms with Crippen LogP contribution in [0.25, 0.3) is 11.0 Å². The van der Waals surface area contributed by atoms with Crippen LogP contribution in [0.1, 0.15) is 31.2 Å². The number of benzene rings is 2. The van der Waals surface area contributed by atoms with Crippen LogP contribution in [-0.2, 0) is 34.3 Å². The number of hydrogen-bond acceptors (Lipinski definition) is 5. The van der Waals surface area contributed by atoms with Crippen molar-refractivity contribution in [3.8, 4) is 0 Å². The number of sulfonamides is 1. The zero-order chi connectivity index (χ0) is 23.7. The molecule has 7 nitrogen and oxygen atoms in total. The SMILES string of the molecule is CCn1c(CN2CCCC2Cc2cccc(F)c2)nc2cc(S(=O)(=O)N3CCOCC3)ccc21. The number of morpholine rings is 1. The van der Waals surface area contributed by atoms with E-state index in [1.165, 1.54) is 10.4 Å². The van der Waals surface area contributed by atoms with E-state index in [1.807, 2.05) is 12.1 Å². The van der Waals surface area contributed by atoms with Crippen molar-refractivity contribution in [2.75, 3.05) is 32.8 Å². The molecule has 182 valence electrons. The van der Waals surface area contributed by atoms with E-state index in [0.29, 0.717) is 44.4 Å². The number of hydrogen-bond donors (Lipinski definition) is 0. The lowest BCUT2D eigenvalue weighted by Crippen LogP contribution is -2.40. The maximum Gasteiger partial charge on any atom is 0.243 e. The molecule has 34 heavy (non-hydrogen) atoms. The highest BCUT2D eigenvalue weighted by molar-refractivity contribution is 7.89. The Balaban J connectivity index is 1.39. The molecule has 2 aromatic carbocycles. The van der Waals surface area contributed by atoms with E-state index in [0.717, 1.165) is 49.3 Å². The predicted octanol–water partition coefficient (Wildman–Crippen LogP) is 3.42. The Morgan fingerprint density at radius 1 is 1.12 bits per heavy atom. The minimum atomic E-state index is -3.57. The monoisotopic (exact) mass is 486 g/mol. The third kappa shape index (κ3) is 4.62. The molecule has 0 bridgehead atoms. The van der Waals surface area contributed by atoms with E-state index in [9.17, 15) is 12.8 Å². The quantitative estimate of drug-likeness (QED) is 0.512. The van der Waals surface area contributed by atoms with Crippen LogP contribution < -0.4 is 0 Å². The van der Waals surface area contributed by atoms with Gasteiger partial charge < -0.3 is 9.30 Å². The number of likely N-dealkylation sites (tertiary alicyclic amines) is 1. The number of imidazole rings is 1. The number of aryl methyl sites for hydroxylation is 1. The van der Waals surface area contributed by atoms with Gasteiger partial charge in [-0.1, -0.05) is 12.1 Å². The topological polar surface area (TPSA) is 67.7 Å². The fourth-order valence-electron chi connectivity index (χ4n) is 5.18. The maximum atomic E-state index is 13.7. The molecule has 0 spiro atoms. The maximum absolute atomic E-state index is 13.7. The van der Waals surface area contributed by atoms with E-state index >= 15 is 0 Å². The third-order valence-electron chi connectivity index (χ3n) is 6.93. The Morgan fingerprint density at radius 3 is 2.71 bits per heavy atom. The summed E-state index contributed by atoms with van der Waals surface area (Å²) in [5.41, 5.74) is 2.66. The van der Waals surface area contributed by atoms with Gasteiger partial charge in [-0.15, -0.1) is 0 Å². The molecule has 3 heterocycles. The first-order chi connectivity index (χ1) is 16.5. The van der Waals surface area contributed by atoms with E-state index in [-0.39, 0.29) is 10.7 Å². The Kier molecular flexibility index (Phi) is 6.70. The molecule has 5 rings (SSSR count). The second-order valence-electron chi connectivity index (χ2n) is 9.04. The molecule has 2 aliphatic heterocycles. The molecule has 2 fully saturated rings. The van der Waals surface area contributed by atoms with Gasteiger partial charge in [0.15, 0.2) is 0 Å².